The number of fused-ring (bicyclic) bond motifs is 3. The van der Waals surface area contributed by atoms with Crippen LogP contribution in [0.5, 0.6) is 5.75 Å². The Morgan fingerprint density at radius 2 is 2.32 bits per heavy atom. The first kappa shape index (κ1) is 12.0. The molecule has 2 heterocycles. The van der Waals surface area contributed by atoms with E-state index in [0.29, 0.717) is 25.3 Å². The van der Waals surface area contributed by atoms with Crippen molar-refractivity contribution in [3.8, 4) is 5.75 Å². The van der Waals surface area contributed by atoms with Crippen molar-refractivity contribution in [2.75, 3.05) is 13.2 Å². The van der Waals surface area contributed by atoms with Gasteiger partial charge in [0.2, 0.25) is 0 Å². The molecule has 0 saturated carbocycles. The number of esters is 1. The van der Waals surface area contributed by atoms with Crippen LogP contribution in [-0.4, -0.2) is 24.2 Å². The molecule has 1 aliphatic heterocycles. The zero-order chi connectivity index (χ0) is 13.4. The summed E-state index contributed by atoms with van der Waals surface area (Å²) in [5, 5.41) is 0.973. The Hall–Kier alpha value is -2.10. The van der Waals surface area contributed by atoms with Crippen LogP contribution in [0.3, 0.4) is 0 Å². The van der Waals surface area contributed by atoms with Gasteiger partial charge in [-0.25, -0.2) is 9.78 Å². The lowest BCUT2D eigenvalue weighted by molar-refractivity contribution is 0.0519. The number of pyridine rings is 1. The van der Waals surface area contributed by atoms with Gasteiger partial charge in [-0.05, 0) is 26.0 Å². The highest BCUT2D eigenvalue weighted by molar-refractivity contribution is 5.97. The second-order valence-corrected chi connectivity index (χ2v) is 4.61. The fourth-order valence-corrected chi connectivity index (χ4v) is 2.41. The molecule has 0 spiro atoms. The van der Waals surface area contributed by atoms with Crippen LogP contribution in [0.1, 0.15) is 28.5 Å². The van der Waals surface area contributed by atoms with Crippen LogP contribution in [0.15, 0.2) is 18.2 Å². The molecule has 4 heteroatoms. The Bertz CT molecular complexity index is 664. The fraction of sp³-hybridized carbons (Fsp3) is 0.333. The average molecular weight is 257 g/mol. The van der Waals surface area contributed by atoms with Crippen molar-refractivity contribution in [3.05, 3.63) is 35.0 Å². The maximum Gasteiger partial charge on any atom is 0.357 e. The van der Waals surface area contributed by atoms with Crippen LogP contribution in [0.25, 0.3) is 10.9 Å². The minimum atomic E-state index is -0.369. The lowest BCUT2D eigenvalue weighted by Crippen LogP contribution is -2.10. The molecule has 19 heavy (non-hydrogen) atoms. The predicted octanol–water partition coefficient (Wildman–Crippen LogP) is 2.65. The van der Waals surface area contributed by atoms with E-state index in [1.165, 1.54) is 0 Å². The Balaban J connectivity index is 2.25. The van der Waals surface area contributed by atoms with Crippen LogP contribution in [-0.2, 0) is 11.2 Å². The van der Waals surface area contributed by atoms with Crippen molar-refractivity contribution in [2.45, 2.75) is 20.3 Å². The Morgan fingerprint density at radius 1 is 1.47 bits per heavy atom. The van der Waals surface area contributed by atoms with Crippen molar-refractivity contribution in [1.29, 1.82) is 0 Å². The molecule has 0 bridgehead atoms. The van der Waals surface area contributed by atoms with Crippen LogP contribution in [0, 0.1) is 6.92 Å². The second-order valence-electron chi connectivity index (χ2n) is 4.61. The van der Waals surface area contributed by atoms with E-state index in [4.69, 9.17) is 9.47 Å². The number of ether oxygens (including phenoxy) is 2. The van der Waals surface area contributed by atoms with Crippen LogP contribution in [0.2, 0.25) is 0 Å². The number of rotatable bonds is 2. The van der Waals surface area contributed by atoms with Crippen LogP contribution < -0.4 is 4.74 Å². The van der Waals surface area contributed by atoms with E-state index in [9.17, 15) is 4.79 Å². The summed E-state index contributed by atoms with van der Waals surface area (Å²) in [6.45, 7) is 4.76. The molecule has 0 fully saturated rings. The van der Waals surface area contributed by atoms with E-state index in [2.05, 4.69) is 4.98 Å². The summed E-state index contributed by atoms with van der Waals surface area (Å²) in [4.78, 5) is 16.4. The molecule has 0 unspecified atom stereocenters. The van der Waals surface area contributed by atoms with E-state index in [1.54, 1.807) is 6.92 Å². The highest BCUT2D eigenvalue weighted by Gasteiger charge is 2.25. The van der Waals surface area contributed by atoms with Gasteiger partial charge in [-0.2, -0.15) is 0 Å². The van der Waals surface area contributed by atoms with Gasteiger partial charge in [-0.3, -0.25) is 0 Å². The molecule has 0 amide bonds. The number of benzene rings is 1. The Morgan fingerprint density at radius 3 is 3.11 bits per heavy atom. The second kappa shape index (κ2) is 4.53. The number of hydrogen-bond acceptors (Lipinski definition) is 4. The van der Waals surface area contributed by atoms with Gasteiger partial charge >= 0.3 is 5.97 Å². The molecule has 0 atom stereocenters. The van der Waals surface area contributed by atoms with Gasteiger partial charge in [0.25, 0.3) is 0 Å². The lowest BCUT2D eigenvalue weighted by atomic mass is 10.0. The number of carbonyl (C=O) groups is 1. The molecule has 0 radical (unpaired) electrons. The summed E-state index contributed by atoms with van der Waals surface area (Å²) in [5.74, 6) is 0.420. The van der Waals surface area contributed by atoms with E-state index in [1.807, 2.05) is 25.1 Å². The van der Waals surface area contributed by atoms with Gasteiger partial charge < -0.3 is 9.47 Å². The molecule has 4 nitrogen and oxygen atoms in total. The third kappa shape index (κ3) is 1.93. The smallest absolute Gasteiger partial charge is 0.357 e. The molecular formula is C15H15NO3. The minimum Gasteiger partial charge on any atom is -0.492 e. The maximum atomic E-state index is 12.0. The maximum absolute atomic E-state index is 12.0. The molecule has 0 saturated heterocycles. The Labute approximate surface area is 111 Å². The third-order valence-electron chi connectivity index (χ3n) is 3.26. The normalized spacial score (nSPS) is 13.2. The number of carbonyl (C=O) groups excluding carboxylic acids is 1. The molecule has 98 valence electrons. The lowest BCUT2D eigenvalue weighted by Gasteiger charge is -2.09. The van der Waals surface area contributed by atoms with Crippen molar-refractivity contribution in [3.63, 3.8) is 0 Å². The summed E-state index contributed by atoms with van der Waals surface area (Å²) in [5.41, 5.74) is 3.19. The number of hydrogen-bond donors (Lipinski definition) is 0. The van der Waals surface area contributed by atoms with Crippen molar-refractivity contribution in [2.24, 2.45) is 0 Å². The first-order chi connectivity index (χ1) is 9.20. The van der Waals surface area contributed by atoms with E-state index in [-0.39, 0.29) is 5.97 Å². The van der Waals surface area contributed by atoms with Gasteiger partial charge in [0.05, 0.1) is 18.7 Å². The zero-order valence-corrected chi connectivity index (χ0v) is 11.0. The fourth-order valence-electron chi connectivity index (χ4n) is 2.41. The van der Waals surface area contributed by atoms with Crippen molar-refractivity contribution in [1.82, 2.24) is 4.98 Å². The van der Waals surface area contributed by atoms with Gasteiger partial charge in [0, 0.05) is 17.4 Å². The molecule has 0 N–H and O–H groups in total. The predicted molar refractivity (Wildman–Crippen MR) is 71.6 cm³/mol. The number of aromatic nitrogens is 1. The summed E-state index contributed by atoms with van der Waals surface area (Å²) in [6.07, 6.45) is 0.709. The molecule has 0 aliphatic carbocycles. The molecule has 1 aliphatic rings. The van der Waals surface area contributed by atoms with E-state index >= 15 is 0 Å². The van der Waals surface area contributed by atoms with Gasteiger partial charge in [0.1, 0.15) is 5.75 Å². The van der Waals surface area contributed by atoms with E-state index < -0.39 is 0 Å². The Kier molecular flexibility index (Phi) is 2.85. The van der Waals surface area contributed by atoms with Gasteiger partial charge in [-0.15, -0.1) is 0 Å². The molecule has 1 aromatic carbocycles. The van der Waals surface area contributed by atoms with Crippen molar-refractivity contribution >= 4 is 16.9 Å². The topological polar surface area (TPSA) is 48.4 Å². The minimum absolute atomic E-state index is 0.349. The molecule has 1 aromatic heterocycles. The quantitative estimate of drug-likeness (QED) is 0.776. The largest absolute Gasteiger partial charge is 0.492 e. The van der Waals surface area contributed by atoms with Crippen LogP contribution in [0.4, 0.5) is 0 Å². The summed E-state index contributed by atoms with van der Waals surface area (Å²) in [6, 6.07) is 5.93. The zero-order valence-electron chi connectivity index (χ0n) is 11.0. The van der Waals surface area contributed by atoms with Gasteiger partial charge in [-0.1, -0.05) is 11.6 Å². The average Bonchev–Trinajstić information content (AvgIpc) is 2.87. The summed E-state index contributed by atoms with van der Waals surface area (Å²) >= 11 is 0. The first-order valence-electron chi connectivity index (χ1n) is 6.44. The summed E-state index contributed by atoms with van der Waals surface area (Å²) in [7, 11) is 0. The molecule has 3 rings (SSSR count). The first-order valence-corrected chi connectivity index (χ1v) is 6.44. The standard InChI is InChI=1S/C15H15NO3/c1-3-18-15(17)13-10-6-7-19-14(10)11-8-9(2)4-5-12(11)16-13/h4-5,8H,3,6-7H2,1-2H3. The molecular weight excluding hydrogens is 242 g/mol. The van der Waals surface area contributed by atoms with Crippen molar-refractivity contribution < 1.29 is 14.3 Å². The van der Waals surface area contributed by atoms with Crippen LogP contribution >= 0.6 is 0 Å². The highest BCUT2D eigenvalue weighted by Crippen LogP contribution is 2.35. The number of aryl methyl sites for hydroxylation is 1. The third-order valence-corrected chi connectivity index (χ3v) is 3.26. The summed E-state index contributed by atoms with van der Waals surface area (Å²) < 4.78 is 10.8. The number of nitrogens with zero attached hydrogens (tertiary/aromatic N) is 1. The molecule has 2 aromatic rings. The van der Waals surface area contributed by atoms with Gasteiger partial charge in [0.15, 0.2) is 5.69 Å². The SMILES string of the molecule is CCOC(=O)c1nc2ccc(C)cc2c2c1CCO2. The monoisotopic (exact) mass is 257 g/mol. The highest BCUT2D eigenvalue weighted by atomic mass is 16.5. The van der Waals surface area contributed by atoms with E-state index in [0.717, 1.165) is 27.8 Å².